The van der Waals surface area contributed by atoms with Gasteiger partial charge in [0.2, 0.25) is 11.2 Å². The van der Waals surface area contributed by atoms with Crippen molar-refractivity contribution in [3.63, 3.8) is 0 Å². The van der Waals surface area contributed by atoms with Crippen LogP contribution in [0, 0.1) is 5.92 Å². The van der Waals surface area contributed by atoms with Crippen LogP contribution in [0.1, 0.15) is 42.2 Å². The van der Waals surface area contributed by atoms with Gasteiger partial charge in [-0.2, -0.15) is 4.40 Å². The number of fused-ring (bicyclic) bond motifs is 1. The van der Waals surface area contributed by atoms with Gasteiger partial charge in [-0.25, -0.2) is 9.19 Å². The van der Waals surface area contributed by atoms with E-state index in [0.29, 0.717) is 41.8 Å². The summed E-state index contributed by atoms with van der Waals surface area (Å²) >= 11 is -1.57. The third-order valence-corrected chi connectivity index (χ3v) is 6.24. The molecule has 2 aromatic rings. The highest BCUT2D eigenvalue weighted by Crippen LogP contribution is 2.30. The maximum atomic E-state index is 12.3. The first-order valence-electron chi connectivity index (χ1n) is 10.8. The second-order valence-electron chi connectivity index (χ2n) is 7.91. The first kappa shape index (κ1) is 22.1. The predicted molar refractivity (Wildman–Crippen MR) is 126 cm³/mol. The molecule has 3 heterocycles. The summed E-state index contributed by atoms with van der Waals surface area (Å²) in [7, 11) is 0. The number of piperidine rings is 1. The van der Waals surface area contributed by atoms with Gasteiger partial charge < -0.3 is 20.7 Å². The lowest BCUT2D eigenvalue weighted by molar-refractivity contribution is 0.0948. The molecule has 2 atom stereocenters. The summed E-state index contributed by atoms with van der Waals surface area (Å²) in [6.07, 6.45) is 2.93. The van der Waals surface area contributed by atoms with Gasteiger partial charge in [-0.15, -0.1) is 0 Å². The second kappa shape index (κ2) is 9.99. The zero-order valence-corrected chi connectivity index (χ0v) is 18.9. The molecule has 1 aromatic heterocycles. The average molecular weight is 457 g/mol. The summed E-state index contributed by atoms with van der Waals surface area (Å²) in [5, 5.41) is 2.87. The molecule has 2 aliphatic rings. The molecule has 1 aromatic carbocycles. The average Bonchev–Trinajstić information content (AvgIpc) is 2.81. The van der Waals surface area contributed by atoms with E-state index in [1.165, 1.54) is 0 Å². The van der Waals surface area contributed by atoms with Gasteiger partial charge in [-0.05, 0) is 43.5 Å². The van der Waals surface area contributed by atoms with Gasteiger partial charge in [0.1, 0.15) is 23.1 Å². The molecule has 0 saturated carbocycles. The molecule has 2 aliphatic heterocycles. The number of amidine groups is 1. The Morgan fingerprint density at radius 1 is 1.34 bits per heavy atom. The van der Waals surface area contributed by atoms with Crippen LogP contribution in [-0.4, -0.2) is 47.2 Å². The molecular formula is C22H28N6O3S. The van der Waals surface area contributed by atoms with Crippen molar-refractivity contribution in [2.24, 2.45) is 16.0 Å². The lowest BCUT2D eigenvalue weighted by Gasteiger charge is -2.33. The second-order valence-corrected chi connectivity index (χ2v) is 8.79. The zero-order valence-electron chi connectivity index (χ0n) is 18.0. The number of rotatable bonds is 7. The number of ether oxygens (including phenoxy) is 1. The Bertz CT molecular complexity index is 1040. The smallest absolute Gasteiger partial charge is 0.269 e. The van der Waals surface area contributed by atoms with E-state index in [9.17, 15) is 9.00 Å². The van der Waals surface area contributed by atoms with Crippen LogP contribution in [0.25, 0.3) is 0 Å². The van der Waals surface area contributed by atoms with Gasteiger partial charge in [0.15, 0.2) is 0 Å². The number of benzene rings is 1. The molecule has 0 spiro atoms. The van der Waals surface area contributed by atoms with Crippen LogP contribution in [0.2, 0.25) is 0 Å². The first-order valence-corrected chi connectivity index (χ1v) is 11.9. The normalized spacial score (nSPS) is 20.0. The molecule has 0 aliphatic carbocycles. The number of anilines is 2. The Kier molecular flexibility index (Phi) is 6.89. The Morgan fingerprint density at radius 2 is 2.19 bits per heavy atom. The molecule has 0 bridgehead atoms. The van der Waals surface area contributed by atoms with Crippen LogP contribution >= 0.6 is 0 Å². The maximum Gasteiger partial charge on any atom is 0.269 e. The minimum absolute atomic E-state index is 0.145. The quantitative estimate of drug-likeness (QED) is 0.587. The predicted octanol–water partition coefficient (Wildman–Crippen LogP) is 2.23. The van der Waals surface area contributed by atoms with E-state index in [4.69, 9.17) is 10.5 Å². The fourth-order valence-corrected chi connectivity index (χ4v) is 4.60. The van der Waals surface area contributed by atoms with Crippen molar-refractivity contribution in [3.8, 4) is 5.75 Å². The summed E-state index contributed by atoms with van der Waals surface area (Å²) in [6, 6.07) is 11.0. The fourth-order valence-electron chi connectivity index (χ4n) is 3.92. The monoisotopic (exact) mass is 456 g/mol. The molecule has 1 amide bonds. The standard InChI is InChI=1S/C22H28N6O3S/c1-2-11-24-22(29)17-8-4-10-19(25-17)28-12-5-6-15(13-28)14-31-18-9-3-7-16-20(18)21(23)27-32(30)26-16/h3-4,7-10,15,26H,2,5-6,11-14H2,1H3,(H2,23,27)(H,24,29). The van der Waals surface area contributed by atoms with E-state index in [2.05, 4.69) is 24.3 Å². The number of hydrogen-bond donors (Lipinski definition) is 3. The topological polar surface area (TPSA) is 122 Å². The van der Waals surface area contributed by atoms with E-state index in [1.807, 2.05) is 31.2 Å². The summed E-state index contributed by atoms with van der Waals surface area (Å²) in [5.41, 5.74) is 7.74. The van der Waals surface area contributed by atoms with Crippen molar-refractivity contribution in [2.45, 2.75) is 26.2 Å². The summed E-state index contributed by atoms with van der Waals surface area (Å²) in [4.78, 5) is 19.1. The maximum absolute atomic E-state index is 12.3. The van der Waals surface area contributed by atoms with Gasteiger partial charge in [0, 0.05) is 25.6 Å². The van der Waals surface area contributed by atoms with Crippen molar-refractivity contribution in [2.75, 3.05) is 35.9 Å². The van der Waals surface area contributed by atoms with Crippen molar-refractivity contribution >= 4 is 34.4 Å². The Morgan fingerprint density at radius 3 is 3.03 bits per heavy atom. The number of amides is 1. The number of nitrogens with one attached hydrogen (secondary N) is 2. The van der Waals surface area contributed by atoms with Gasteiger partial charge in [-0.3, -0.25) is 9.52 Å². The molecule has 4 N–H and O–H groups in total. The zero-order chi connectivity index (χ0) is 22.5. The number of nitrogens with two attached hydrogens (primary N) is 1. The van der Waals surface area contributed by atoms with Gasteiger partial charge in [-0.1, -0.05) is 19.1 Å². The van der Waals surface area contributed by atoms with Crippen molar-refractivity contribution in [1.29, 1.82) is 0 Å². The molecule has 170 valence electrons. The number of pyridine rings is 1. The Balaban J connectivity index is 1.41. The van der Waals surface area contributed by atoms with Gasteiger partial charge >= 0.3 is 0 Å². The highest BCUT2D eigenvalue weighted by molar-refractivity contribution is 7.85. The lowest BCUT2D eigenvalue weighted by Crippen LogP contribution is -2.38. The summed E-state index contributed by atoms with van der Waals surface area (Å²) in [5.74, 6) is 1.79. The lowest BCUT2D eigenvalue weighted by atomic mass is 9.99. The molecule has 2 unspecified atom stereocenters. The molecule has 0 radical (unpaired) electrons. The first-order chi connectivity index (χ1) is 15.5. The van der Waals surface area contributed by atoms with E-state index in [1.54, 1.807) is 12.1 Å². The third-order valence-electron chi connectivity index (χ3n) is 5.48. The van der Waals surface area contributed by atoms with Gasteiger partial charge in [0.05, 0.1) is 17.9 Å². The third kappa shape index (κ3) is 5.01. The largest absolute Gasteiger partial charge is 0.492 e. The van der Waals surface area contributed by atoms with Crippen LogP contribution in [0.5, 0.6) is 5.75 Å². The number of carbonyl (C=O) groups excluding carboxylic acids is 1. The molecule has 1 fully saturated rings. The van der Waals surface area contributed by atoms with Crippen molar-refractivity contribution in [3.05, 3.63) is 47.7 Å². The van der Waals surface area contributed by atoms with Crippen molar-refractivity contribution < 1.29 is 13.7 Å². The van der Waals surface area contributed by atoms with Gasteiger partial charge in [0.25, 0.3) is 5.91 Å². The number of nitrogens with zero attached hydrogens (tertiary/aromatic N) is 3. The van der Waals surface area contributed by atoms with Crippen LogP contribution in [-0.2, 0) is 11.2 Å². The molecule has 9 nitrogen and oxygen atoms in total. The minimum Gasteiger partial charge on any atom is -0.492 e. The molecule has 32 heavy (non-hydrogen) atoms. The molecule has 1 saturated heterocycles. The van der Waals surface area contributed by atoms with Crippen LogP contribution in [0.4, 0.5) is 11.5 Å². The van der Waals surface area contributed by atoms with E-state index in [-0.39, 0.29) is 11.7 Å². The Labute approximate surface area is 190 Å². The van der Waals surface area contributed by atoms with Crippen LogP contribution in [0.15, 0.2) is 40.8 Å². The number of carbonyl (C=O) groups is 1. The minimum atomic E-state index is -1.57. The number of aromatic nitrogens is 1. The highest BCUT2D eigenvalue weighted by Gasteiger charge is 2.24. The van der Waals surface area contributed by atoms with E-state index in [0.717, 1.165) is 38.2 Å². The molecular weight excluding hydrogens is 428 g/mol. The van der Waals surface area contributed by atoms with E-state index < -0.39 is 11.2 Å². The summed E-state index contributed by atoms with van der Waals surface area (Å²) in [6.45, 7) is 4.84. The SMILES string of the molecule is CCCNC(=O)c1cccc(N2CCCC(COc3cccc4c3C(N)=NS(=O)N4)C2)n1. The van der Waals surface area contributed by atoms with Crippen LogP contribution in [0.3, 0.4) is 0 Å². The van der Waals surface area contributed by atoms with Crippen LogP contribution < -0.4 is 25.4 Å². The highest BCUT2D eigenvalue weighted by atomic mass is 32.2. The Hall–Kier alpha value is -3.14. The number of hydrogen-bond acceptors (Lipinski definition) is 6. The molecule has 10 heteroatoms. The summed E-state index contributed by atoms with van der Waals surface area (Å²) < 4.78 is 24.5. The molecule has 4 rings (SSSR count). The van der Waals surface area contributed by atoms with E-state index >= 15 is 0 Å². The van der Waals surface area contributed by atoms with Crippen molar-refractivity contribution in [1.82, 2.24) is 10.3 Å². The fraction of sp³-hybridized carbons (Fsp3) is 0.409.